The molecule has 5 aromatic rings. The summed E-state index contributed by atoms with van der Waals surface area (Å²) in [5.41, 5.74) is 3.83. The van der Waals surface area contributed by atoms with Gasteiger partial charge in [0.25, 0.3) is 0 Å². The Labute approximate surface area is 249 Å². The third-order valence-corrected chi connectivity index (χ3v) is 9.06. The second kappa shape index (κ2) is 11.9. The van der Waals surface area contributed by atoms with Gasteiger partial charge in [-0.3, -0.25) is 19.5 Å². The number of hydrogen-bond acceptors (Lipinski definition) is 6. The summed E-state index contributed by atoms with van der Waals surface area (Å²) in [5.74, 6) is -1.74. The average Bonchev–Trinajstić information content (AvgIpc) is 3.63. The molecule has 1 atom stereocenters. The Morgan fingerprint density at radius 1 is 1.10 bits per heavy atom. The van der Waals surface area contributed by atoms with Gasteiger partial charge in [-0.15, -0.1) is 23.1 Å². The molecule has 0 aliphatic carbocycles. The van der Waals surface area contributed by atoms with Crippen LogP contribution in [0.2, 0.25) is 0 Å². The summed E-state index contributed by atoms with van der Waals surface area (Å²) in [4.78, 5) is 33.4. The van der Waals surface area contributed by atoms with E-state index < -0.39 is 16.9 Å². The van der Waals surface area contributed by atoms with E-state index in [2.05, 4.69) is 10.3 Å². The topological polar surface area (TPSA) is 80.1 Å². The van der Waals surface area contributed by atoms with Crippen molar-refractivity contribution in [1.29, 1.82) is 0 Å². The van der Waals surface area contributed by atoms with Gasteiger partial charge in [0.15, 0.2) is 0 Å². The molecule has 0 spiro atoms. The highest BCUT2D eigenvalue weighted by molar-refractivity contribution is 8.00. The minimum absolute atomic E-state index is 0.0241. The normalized spacial score (nSPS) is 14.9. The van der Waals surface area contributed by atoms with Crippen LogP contribution in [0.15, 0.2) is 84.5 Å². The van der Waals surface area contributed by atoms with Crippen molar-refractivity contribution in [2.45, 2.75) is 18.7 Å². The van der Waals surface area contributed by atoms with Gasteiger partial charge in [-0.2, -0.15) is 5.10 Å². The summed E-state index contributed by atoms with van der Waals surface area (Å²) < 4.78 is 31.0. The summed E-state index contributed by atoms with van der Waals surface area (Å²) in [7, 11) is 0. The smallest absolute Gasteiger partial charge is 0.240 e. The molecule has 212 valence electrons. The van der Waals surface area contributed by atoms with Crippen LogP contribution in [0, 0.1) is 18.6 Å². The fourth-order valence-electron chi connectivity index (χ4n) is 4.95. The van der Waals surface area contributed by atoms with Crippen LogP contribution < -0.4 is 10.2 Å². The van der Waals surface area contributed by atoms with Crippen molar-refractivity contribution in [3.05, 3.63) is 118 Å². The van der Waals surface area contributed by atoms with Crippen LogP contribution in [-0.4, -0.2) is 38.9 Å². The average molecular weight is 602 g/mol. The molecule has 0 fully saturated rings. The predicted octanol–water partition coefficient (Wildman–Crippen LogP) is 6.07. The number of carbonyl (C=O) groups excluding carboxylic acids is 2. The van der Waals surface area contributed by atoms with E-state index in [1.54, 1.807) is 23.1 Å². The Hall–Kier alpha value is -4.35. The third-order valence-electron chi connectivity index (χ3n) is 6.95. The lowest BCUT2D eigenvalue weighted by atomic mass is 10.0. The van der Waals surface area contributed by atoms with Crippen LogP contribution in [0.3, 0.4) is 0 Å². The number of nitrogens with one attached hydrogen (secondary N) is 1. The maximum Gasteiger partial charge on any atom is 0.240 e. The first-order chi connectivity index (χ1) is 20.4. The summed E-state index contributed by atoms with van der Waals surface area (Å²) in [6.45, 7) is 1.91. The van der Waals surface area contributed by atoms with Gasteiger partial charge >= 0.3 is 0 Å². The Kier molecular flexibility index (Phi) is 7.86. The first-order valence-electron chi connectivity index (χ1n) is 13.2. The van der Waals surface area contributed by atoms with Crippen LogP contribution in [0.1, 0.15) is 27.5 Å². The van der Waals surface area contributed by atoms with Crippen molar-refractivity contribution in [3.8, 4) is 16.3 Å². The molecule has 1 N–H and O–H groups in total. The van der Waals surface area contributed by atoms with Crippen LogP contribution in [-0.2, 0) is 16.1 Å². The summed E-state index contributed by atoms with van der Waals surface area (Å²) >= 11 is 2.70. The Morgan fingerprint density at radius 2 is 1.95 bits per heavy atom. The van der Waals surface area contributed by atoms with Gasteiger partial charge in [-0.25, -0.2) is 13.5 Å². The quantitative estimate of drug-likeness (QED) is 0.245. The van der Waals surface area contributed by atoms with Gasteiger partial charge in [0.1, 0.15) is 29.7 Å². The lowest BCUT2D eigenvalue weighted by Crippen LogP contribution is -2.42. The third kappa shape index (κ3) is 5.45. The van der Waals surface area contributed by atoms with Crippen LogP contribution in [0.5, 0.6) is 0 Å². The Bertz CT molecular complexity index is 1760. The molecule has 3 aromatic heterocycles. The minimum atomic E-state index is -0.714. The monoisotopic (exact) mass is 601 g/mol. The van der Waals surface area contributed by atoms with E-state index in [4.69, 9.17) is 5.10 Å². The molecular formula is C31H25F2N5O2S2. The van der Waals surface area contributed by atoms with Crippen molar-refractivity contribution in [1.82, 2.24) is 20.1 Å². The number of aryl methyl sites for hydroxylation is 1. The zero-order valence-corrected chi connectivity index (χ0v) is 24.1. The molecule has 11 heteroatoms. The fraction of sp³-hybridized carbons (Fsp3) is 0.161. The molecule has 6 rings (SSSR count). The molecule has 1 aliphatic rings. The van der Waals surface area contributed by atoms with E-state index in [-0.39, 0.29) is 36.2 Å². The fourth-order valence-corrected chi connectivity index (χ4v) is 6.89. The molecule has 0 radical (unpaired) electrons. The van der Waals surface area contributed by atoms with Gasteiger partial charge in [-0.05, 0) is 47.7 Å². The molecular weight excluding hydrogens is 577 g/mol. The van der Waals surface area contributed by atoms with Crippen LogP contribution >= 0.6 is 23.1 Å². The number of aromatic nitrogens is 3. The van der Waals surface area contributed by atoms with Crippen LogP contribution in [0.4, 0.5) is 14.6 Å². The highest BCUT2D eigenvalue weighted by atomic mass is 32.2. The zero-order valence-electron chi connectivity index (χ0n) is 22.5. The number of fused-ring (bicyclic) bond motifs is 1. The van der Waals surface area contributed by atoms with E-state index in [0.29, 0.717) is 17.1 Å². The van der Waals surface area contributed by atoms with Crippen LogP contribution in [0.25, 0.3) is 16.3 Å². The number of hydrogen-bond donors (Lipinski definition) is 1. The summed E-state index contributed by atoms with van der Waals surface area (Å²) in [5, 5.41) is 9.10. The Balaban J connectivity index is 1.53. The molecule has 0 saturated carbocycles. The van der Waals surface area contributed by atoms with Crippen molar-refractivity contribution in [2.75, 3.05) is 17.2 Å². The van der Waals surface area contributed by atoms with Crippen molar-refractivity contribution < 1.29 is 18.4 Å². The number of anilines is 1. The number of amides is 2. The number of thiophene rings is 1. The van der Waals surface area contributed by atoms with Gasteiger partial charge in [0.2, 0.25) is 11.8 Å². The summed E-state index contributed by atoms with van der Waals surface area (Å²) in [6, 6.07) is 18.5. The number of pyridine rings is 1. The van der Waals surface area contributed by atoms with E-state index in [1.807, 2.05) is 54.8 Å². The summed E-state index contributed by atoms with van der Waals surface area (Å²) in [6.07, 6.45) is 3.31. The molecule has 0 bridgehead atoms. The lowest BCUT2D eigenvalue weighted by Gasteiger charge is -2.23. The molecule has 42 heavy (non-hydrogen) atoms. The largest absolute Gasteiger partial charge is 0.350 e. The van der Waals surface area contributed by atoms with Crippen molar-refractivity contribution >= 4 is 40.7 Å². The standard InChI is InChI=1S/C31H25F2N5O2S2/c1-19-6-2-3-8-24(19)38-31-28(29(36-38)25-9-5-13-41-25)30(22-11-10-21(32)14-23(22)33)42-18-27(40)37(31)17-26(39)35-16-20-7-4-12-34-15-20/h2-15,30H,16-18H2,1H3,(H,35,39)/t30-/m1/s1. The van der Waals surface area contributed by atoms with Gasteiger partial charge in [0.05, 0.1) is 21.6 Å². The molecule has 2 amide bonds. The number of para-hydroxylation sites is 1. The molecule has 0 unspecified atom stereocenters. The van der Waals surface area contributed by atoms with Gasteiger partial charge < -0.3 is 5.32 Å². The SMILES string of the molecule is Cc1ccccc1-n1nc(-c2cccs2)c2c1N(CC(=O)NCc1cccnc1)C(=O)CS[C@@H]2c1ccc(F)cc1F. The van der Waals surface area contributed by atoms with Gasteiger partial charge in [-0.1, -0.05) is 36.4 Å². The van der Waals surface area contributed by atoms with E-state index in [1.165, 1.54) is 40.1 Å². The highest BCUT2D eigenvalue weighted by Crippen LogP contribution is 2.49. The molecule has 1 aliphatic heterocycles. The molecule has 7 nitrogen and oxygen atoms in total. The minimum Gasteiger partial charge on any atom is -0.350 e. The van der Waals surface area contributed by atoms with E-state index in [9.17, 15) is 14.0 Å². The number of halogens is 2. The first kappa shape index (κ1) is 27.8. The highest BCUT2D eigenvalue weighted by Gasteiger charge is 2.39. The number of carbonyl (C=O) groups is 2. The Morgan fingerprint density at radius 3 is 2.69 bits per heavy atom. The number of benzene rings is 2. The zero-order chi connectivity index (χ0) is 29.2. The lowest BCUT2D eigenvalue weighted by molar-refractivity contribution is -0.123. The maximum atomic E-state index is 15.3. The molecule has 2 aromatic carbocycles. The number of nitrogens with zero attached hydrogens (tertiary/aromatic N) is 4. The maximum absolute atomic E-state index is 15.3. The predicted molar refractivity (Wildman–Crippen MR) is 161 cm³/mol. The second-order valence-corrected chi connectivity index (χ2v) is 11.8. The van der Waals surface area contributed by atoms with Gasteiger partial charge in [0, 0.05) is 36.1 Å². The first-order valence-corrected chi connectivity index (χ1v) is 15.1. The molecule has 0 saturated heterocycles. The second-order valence-electron chi connectivity index (χ2n) is 9.74. The van der Waals surface area contributed by atoms with E-state index in [0.717, 1.165) is 27.8 Å². The van der Waals surface area contributed by atoms with Crippen molar-refractivity contribution in [2.24, 2.45) is 0 Å². The van der Waals surface area contributed by atoms with Crippen molar-refractivity contribution in [3.63, 3.8) is 0 Å². The number of thioether (sulfide) groups is 1. The van der Waals surface area contributed by atoms with E-state index >= 15 is 4.39 Å². The molecule has 4 heterocycles. The number of rotatable bonds is 7.